The molecule has 26 heavy (non-hydrogen) atoms. The molecule has 0 bridgehead atoms. The van der Waals surface area contributed by atoms with Gasteiger partial charge in [-0.15, -0.1) is 24.8 Å². The summed E-state index contributed by atoms with van der Waals surface area (Å²) >= 11 is 0. The molecule has 0 radical (unpaired) electrons. The SMILES string of the molecule is CCCc1cc(N2CCC(N)C2)nc(Nc2ccc(F)c(N)c2)n1.Cl.Cl. The number of hydrogen-bond donors (Lipinski definition) is 3. The molecular weight excluding hydrogens is 378 g/mol. The van der Waals surface area contributed by atoms with Crippen LogP contribution in [0.5, 0.6) is 0 Å². The van der Waals surface area contributed by atoms with Gasteiger partial charge in [0.25, 0.3) is 0 Å². The number of rotatable bonds is 5. The standard InChI is InChI=1S/C17H23FN6.2ClH/c1-2-3-12-9-16(24-7-6-11(19)10-24)23-17(21-12)22-13-4-5-14(18)15(20)8-13;;/h4-5,8-9,11H,2-3,6-7,10,19-20H2,1H3,(H,21,22,23);2*1H. The Morgan fingerprint density at radius 3 is 2.65 bits per heavy atom. The fraction of sp³-hybridized carbons (Fsp3) is 0.412. The summed E-state index contributed by atoms with van der Waals surface area (Å²) in [6.45, 7) is 3.81. The summed E-state index contributed by atoms with van der Waals surface area (Å²) in [6.07, 6.45) is 2.83. The third-order valence-corrected chi connectivity index (χ3v) is 4.07. The highest BCUT2D eigenvalue weighted by molar-refractivity contribution is 5.85. The van der Waals surface area contributed by atoms with Crippen molar-refractivity contribution in [2.45, 2.75) is 32.2 Å². The van der Waals surface area contributed by atoms with Crippen molar-refractivity contribution in [1.29, 1.82) is 0 Å². The molecule has 2 heterocycles. The molecule has 144 valence electrons. The van der Waals surface area contributed by atoms with Crippen molar-refractivity contribution in [1.82, 2.24) is 9.97 Å². The maximum Gasteiger partial charge on any atom is 0.229 e. The Hall–Kier alpha value is -1.83. The van der Waals surface area contributed by atoms with Gasteiger partial charge in [0.15, 0.2) is 0 Å². The minimum Gasteiger partial charge on any atom is -0.396 e. The van der Waals surface area contributed by atoms with E-state index in [-0.39, 0.29) is 36.5 Å². The first-order valence-corrected chi connectivity index (χ1v) is 8.25. The van der Waals surface area contributed by atoms with Gasteiger partial charge in [0.1, 0.15) is 11.6 Å². The molecule has 1 aliphatic heterocycles. The number of benzene rings is 1. The second kappa shape index (κ2) is 9.75. The number of nitrogens with two attached hydrogens (primary N) is 2. The fourth-order valence-corrected chi connectivity index (χ4v) is 2.83. The zero-order chi connectivity index (χ0) is 17.1. The number of hydrogen-bond acceptors (Lipinski definition) is 6. The number of aromatic nitrogens is 2. The van der Waals surface area contributed by atoms with Crippen LogP contribution >= 0.6 is 24.8 Å². The second-order valence-electron chi connectivity index (χ2n) is 6.15. The Morgan fingerprint density at radius 1 is 1.27 bits per heavy atom. The summed E-state index contributed by atoms with van der Waals surface area (Å²) in [5, 5.41) is 3.12. The normalized spacial score (nSPS) is 16.0. The van der Waals surface area contributed by atoms with Gasteiger partial charge in [0.2, 0.25) is 5.95 Å². The predicted octanol–water partition coefficient (Wildman–Crippen LogP) is 3.28. The Balaban J connectivity index is 0.00000169. The number of nitrogen functional groups attached to an aromatic ring is 1. The fourth-order valence-electron chi connectivity index (χ4n) is 2.83. The highest BCUT2D eigenvalue weighted by Crippen LogP contribution is 2.23. The van der Waals surface area contributed by atoms with E-state index in [9.17, 15) is 4.39 Å². The number of aryl methyl sites for hydroxylation is 1. The van der Waals surface area contributed by atoms with E-state index >= 15 is 0 Å². The molecule has 2 aromatic rings. The van der Waals surface area contributed by atoms with Gasteiger partial charge in [0, 0.05) is 36.6 Å². The van der Waals surface area contributed by atoms with Crippen LogP contribution in [0.1, 0.15) is 25.5 Å². The molecule has 1 unspecified atom stereocenters. The summed E-state index contributed by atoms with van der Waals surface area (Å²) < 4.78 is 13.3. The Morgan fingerprint density at radius 2 is 2.04 bits per heavy atom. The van der Waals surface area contributed by atoms with Gasteiger partial charge in [-0.3, -0.25) is 0 Å². The highest BCUT2D eigenvalue weighted by Gasteiger charge is 2.21. The van der Waals surface area contributed by atoms with E-state index in [4.69, 9.17) is 11.5 Å². The van der Waals surface area contributed by atoms with E-state index in [2.05, 4.69) is 27.1 Å². The van der Waals surface area contributed by atoms with Crippen LogP contribution in [-0.2, 0) is 6.42 Å². The van der Waals surface area contributed by atoms with Gasteiger partial charge in [-0.25, -0.2) is 9.37 Å². The van der Waals surface area contributed by atoms with Crippen LogP contribution in [-0.4, -0.2) is 29.1 Å². The molecule has 3 rings (SSSR count). The minimum absolute atomic E-state index is 0. The van der Waals surface area contributed by atoms with Gasteiger partial charge < -0.3 is 21.7 Å². The third-order valence-electron chi connectivity index (χ3n) is 4.07. The molecule has 6 nitrogen and oxygen atoms in total. The molecule has 1 aromatic heterocycles. The molecule has 1 atom stereocenters. The Bertz CT molecular complexity index is 730. The van der Waals surface area contributed by atoms with Crippen molar-refractivity contribution in [3.63, 3.8) is 0 Å². The van der Waals surface area contributed by atoms with Crippen molar-refractivity contribution in [3.8, 4) is 0 Å². The zero-order valence-electron chi connectivity index (χ0n) is 14.6. The van der Waals surface area contributed by atoms with E-state index in [1.54, 1.807) is 6.07 Å². The lowest BCUT2D eigenvalue weighted by Crippen LogP contribution is -2.27. The monoisotopic (exact) mass is 402 g/mol. The molecule has 0 saturated carbocycles. The molecule has 0 spiro atoms. The lowest BCUT2D eigenvalue weighted by molar-refractivity contribution is 0.632. The van der Waals surface area contributed by atoms with Crippen LogP contribution in [0, 0.1) is 5.82 Å². The van der Waals surface area contributed by atoms with Gasteiger partial charge in [-0.05, 0) is 31.0 Å². The van der Waals surface area contributed by atoms with E-state index in [0.717, 1.165) is 43.9 Å². The maximum absolute atomic E-state index is 13.3. The van der Waals surface area contributed by atoms with Crippen molar-refractivity contribution >= 4 is 48.0 Å². The molecule has 0 aliphatic carbocycles. The molecule has 1 aliphatic rings. The van der Waals surface area contributed by atoms with Crippen molar-refractivity contribution < 1.29 is 4.39 Å². The minimum atomic E-state index is -0.437. The van der Waals surface area contributed by atoms with Gasteiger partial charge in [-0.1, -0.05) is 13.3 Å². The van der Waals surface area contributed by atoms with Crippen LogP contribution in [0.3, 0.4) is 0 Å². The summed E-state index contributed by atoms with van der Waals surface area (Å²) in [5.74, 6) is 0.925. The largest absolute Gasteiger partial charge is 0.396 e. The third kappa shape index (κ3) is 5.33. The van der Waals surface area contributed by atoms with Crippen molar-refractivity contribution in [2.75, 3.05) is 29.0 Å². The first-order chi connectivity index (χ1) is 11.5. The number of nitrogens with one attached hydrogen (secondary N) is 1. The van der Waals surface area contributed by atoms with E-state index in [0.29, 0.717) is 11.6 Å². The van der Waals surface area contributed by atoms with Crippen molar-refractivity contribution in [3.05, 3.63) is 35.8 Å². The number of anilines is 4. The number of nitrogens with zero attached hydrogens (tertiary/aromatic N) is 3. The first kappa shape index (κ1) is 22.2. The predicted molar refractivity (Wildman–Crippen MR) is 109 cm³/mol. The first-order valence-electron chi connectivity index (χ1n) is 8.25. The topological polar surface area (TPSA) is 93.1 Å². The number of halogens is 3. The molecule has 0 amide bonds. The Labute approximate surface area is 165 Å². The van der Waals surface area contributed by atoms with Crippen LogP contribution < -0.4 is 21.7 Å². The van der Waals surface area contributed by atoms with Crippen LogP contribution in [0.25, 0.3) is 0 Å². The lowest BCUT2D eigenvalue weighted by Gasteiger charge is -2.19. The van der Waals surface area contributed by atoms with Gasteiger partial charge in [-0.2, -0.15) is 4.98 Å². The van der Waals surface area contributed by atoms with E-state index in [1.807, 2.05) is 6.07 Å². The van der Waals surface area contributed by atoms with Gasteiger partial charge >= 0.3 is 0 Å². The van der Waals surface area contributed by atoms with Crippen LogP contribution in [0.15, 0.2) is 24.3 Å². The maximum atomic E-state index is 13.3. The Kier molecular flexibility index (Phi) is 8.33. The molecule has 1 saturated heterocycles. The smallest absolute Gasteiger partial charge is 0.229 e. The molecule has 1 aromatic carbocycles. The van der Waals surface area contributed by atoms with Crippen molar-refractivity contribution in [2.24, 2.45) is 5.73 Å². The lowest BCUT2D eigenvalue weighted by atomic mass is 10.2. The summed E-state index contributed by atoms with van der Waals surface area (Å²) in [5.41, 5.74) is 13.3. The van der Waals surface area contributed by atoms with Crippen LogP contribution in [0.2, 0.25) is 0 Å². The zero-order valence-corrected chi connectivity index (χ0v) is 16.2. The summed E-state index contributed by atoms with van der Waals surface area (Å²) in [7, 11) is 0. The summed E-state index contributed by atoms with van der Waals surface area (Å²) in [4.78, 5) is 11.3. The van der Waals surface area contributed by atoms with Crippen LogP contribution in [0.4, 0.5) is 27.5 Å². The molecule has 5 N–H and O–H groups in total. The molecule has 1 fully saturated rings. The van der Waals surface area contributed by atoms with Gasteiger partial charge in [0.05, 0.1) is 5.69 Å². The average Bonchev–Trinajstić information content (AvgIpc) is 2.98. The van der Waals surface area contributed by atoms with E-state index in [1.165, 1.54) is 12.1 Å². The quantitative estimate of drug-likeness (QED) is 0.664. The molecule has 9 heteroatoms. The second-order valence-corrected chi connectivity index (χ2v) is 6.15. The average molecular weight is 403 g/mol. The summed E-state index contributed by atoms with van der Waals surface area (Å²) in [6, 6.07) is 6.69. The molecular formula is C17H25Cl2FN6. The highest BCUT2D eigenvalue weighted by atomic mass is 35.5. The van der Waals surface area contributed by atoms with E-state index < -0.39 is 5.82 Å².